The van der Waals surface area contributed by atoms with Crippen LogP contribution in [0.3, 0.4) is 0 Å². The number of carbonyl (C=O) groups is 1. The Bertz CT molecular complexity index is 717. The van der Waals surface area contributed by atoms with Gasteiger partial charge in [-0.1, -0.05) is 30.3 Å². The van der Waals surface area contributed by atoms with E-state index in [2.05, 4.69) is 4.98 Å². The molecule has 3 aromatic rings. The summed E-state index contributed by atoms with van der Waals surface area (Å²) in [5.41, 5.74) is 2.27. The zero-order valence-electron chi connectivity index (χ0n) is 9.45. The van der Waals surface area contributed by atoms with Crippen LogP contribution >= 0.6 is 0 Å². The van der Waals surface area contributed by atoms with Crippen LogP contribution in [0, 0.1) is 0 Å². The number of nitrogens with zero attached hydrogens (tertiary/aromatic N) is 2. The first-order valence-electron chi connectivity index (χ1n) is 5.53. The van der Waals surface area contributed by atoms with Crippen LogP contribution in [0.15, 0.2) is 54.6 Å². The molecular formula is C14H10N2O2. The number of fused-ring (bicyclic) bond motifs is 1. The molecule has 0 bridgehead atoms. The topological polar surface area (TPSA) is 55.1 Å². The number of hydrogen-bond donors (Lipinski definition) is 1. The molecule has 2 aromatic carbocycles. The predicted molar refractivity (Wildman–Crippen MR) is 68.0 cm³/mol. The van der Waals surface area contributed by atoms with Crippen molar-refractivity contribution in [1.29, 1.82) is 0 Å². The van der Waals surface area contributed by atoms with Gasteiger partial charge in [0.05, 0.1) is 11.0 Å². The van der Waals surface area contributed by atoms with Crippen LogP contribution in [0.5, 0.6) is 0 Å². The lowest BCUT2D eigenvalue weighted by molar-refractivity contribution is 0.0682. The molecule has 0 unspecified atom stereocenters. The zero-order chi connectivity index (χ0) is 12.5. The largest absolute Gasteiger partial charge is 0.475 e. The normalized spacial score (nSPS) is 10.7. The number of imidazole rings is 1. The van der Waals surface area contributed by atoms with Crippen molar-refractivity contribution in [1.82, 2.24) is 9.55 Å². The molecule has 4 heteroatoms. The van der Waals surface area contributed by atoms with Crippen LogP contribution in [0.2, 0.25) is 0 Å². The standard InChI is InChI=1S/C14H10N2O2/c17-14(18)13-15-11-8-4-5-9-12(11)16(13)10-6-2-1-3-7-10/h1-9H,(H,17,18). The van der Waals surface area contributed by atoms with Gasteiger partial charge in [-0.2, -0.15) is 0 Å². The number of benzene rings is 2. The van der Waals surface area contributed by atoms with Crippen LogP contribution < -0.4 is 0 Å². The molecule has 1 heterocycles. The molecule has 1 N–H and O–H groups in total. The highest BCUT2D eigenvalue weighted by molar-refractivity contribution is 5.91. The predicted octanol–water partition coefficient (Wildman–Crippen LogP) is 2.72. The lowest BCUT2D eigenvalue weighted by atomic mass is 10.3. The first-order valence-corrected chi connectivity index (χ1v) is 5.53. The van der Waals surface area contributed by atoms with Gasteiger partial charge in [0.1, 0.15) is 0 Å². The van der Waals surface area contributed by atoms with Crippen LogP contribution in [-0.4, -0.2) is 20.6 Å². The molecule has 0 saturated heterocycles. The van der Waals surface area contributed by atoms with E-state index in [-0.39, 0.29) is 5.82 Å². The van der Waals surface area contributed by atoms with Gasteiger partial charge < -0.3 is 5.11 Å². The van der Waals surface area contributed by atoms with E-state index >= 15 is 0 Å². The number of hydrogen-bond acceptors (Lipinski definition) is 2. The monoisotopic (exact) mass is 238 g/mol. The van der Waals surface area contributed by atoms with Crippen molar-refractivity contribution in [2.24, 2.45) is 0 Å². The molecule has 0 aliphatic heterocycles. The van der Waals surface area contributed by atoms with Crippen LogP contribution in [0.25, 0.3) is 16.7 Å². The lowest BCUT2D eigenvalue weighted by Crippen LogP contribution is -2.07. The molecule has 3 rings (SSSR count). The Morgan fingerprint density at radius 3 is 2.39 bits per heavy atom. The number of para-hydroxylation sites is 3. The van der Waals surface area contributed by atoms with Gasteiger partial charge in [0, 0.05) is 5.69 Å². The maximum atomic E-state index is 11.3. The van der Waals surface area contributed by atoms with Crippen molar-refractivity contribution in [2.45, 2.75) is 0 Å². The van der Waals surface area contributed by atoms with E-state index in [1.165, 1.54) is 0 Å². The minimum absolute atomic E-state index is 0.0300. The Morgan fingerprint density at radius 2 is 1.67 bits per heavy atom. The summed E-state index contributed by atoms with van der Waals surface area (Å²) in [6, 6.07) is 16.7. The summed E-state index contributed by atoms with van der Waals surface area (Å²) in [7, 11) is 0. The highest BCUT2D eigenvalue weighted by Crippen LogP contribution is 2.21. The smallest absolute Gasteiger partial charge is 0.372 e. The minimum Gasteiger partial charge on any atom is -0.475 e. The number of carboxylic acids is 1. The summed E-state index contributed by atoms with van der Waals surface area (Å²) in [5.74, 6) is -1.00. The Labute approximate surface area is 103 Å². The Hall–Kier alpha value is -2.62. The van der Waals surface area contributed by atoms with Crippen molar-refractivity contribution >= 4 is 17.0 Å². The highest BCUT2D eigenvalue weighted by atomic mass is 16.4. The molecule has 1 aromatic heterocycles. The fourth-order valence-electron chi connectivity index (χ4n) is 2.01. The first-order chi connectivity index (χ1) is 8.77. The number of aromatic carboxylic acids is 1. The van der Waals surface area contributed by atoms with Crippen molar-refractivity contribution < 1.29 is 9.90 Å². The maximum Gasteiger partial charge on any atom is 0.372 e. The summed E-state index contributed by atoms with van der Waals surface area (Å²) in [6.07, 6.45) is 0. The Morgan fingerprint density at radius 1 is 1.00 bits per heavy atom. The van der Waals surface area contributed by atoms with Crippen LogP contribution in [-0.2, 0) is 0 Å². The van der Waals surface area contributed by atoms with E-state index in [1.54, 1.807) is 10.6 Å². The van der Waals surface area contributed by atoms with Crippen molar-refractivity contribution in [3.05, 3.63) is 60.4 Å². The van der Waals surface area contributed by atoms with Gasteiger partial charge in [-0.3, -0.25) is 4.57 Å². The molecule has 0 aliphatic carbocycles. The minimum atomic E-state index is -1.03. The molecule has 0 aliphatic rings. The average Bonchev–Trinajstić information content (AvgIpc) is 2.79. The Balaban J connectivity index is 2.38. The third-order valence-corrected chi connectivity index (χ3v) is 2.77. The highest BCUT2D eigenvalue weighted by Gasteiger charge is 2.17. The molecule has 0 spiro atoms. The van der Waals surface area contributed by atoms with E-state index in [4.69, 9.17) is 0 Å². The third-order valence-electron chi connectivity index (χ3n) is 2.77. The van der Waals surface area contributed by atoms with Gasteiger partial charge in [-0.15, -0.1) is 0 Å². The molecular weight excluding hydrogens is 228 g/mol. The molecule has 0 fully saturated rings. The summed E-state index contributed by atoms with van der Waals surface area (Å²) in [6.45, 7) is 0. The van der Waals surface area contributed by atoms with Gasteiger partial charge in [-0.05, 0) is 24.3 Å². The summed E-state index contributed by atoms with van der Waals surface area (Å²) >= 11 is 0. The first kappa shape index (κ1) is 10.5. The van der Waals surface area contributed by atoms with E-state index in [0.29, 0.717) is 5.52 Å². The zero-order valence-corrected chi connectivity index (χ0v) is 9.45. The van der Waals surface area contributed by atoms with Gasteiger partial charge >= 0.3 is 5.97 Å². The van der Waals surface area contributed by atoms with Crippen molar-refractivity contribution in [3.63, 3.8) is 0 Å². The van der Waals surface area contributed by atoms with Gasteiger partial charge in [-0.25, -0.2) is 9.78 Å². The van der Waals surface area contributed by atoms with E-state index in [9.17, 15) is 9.90 Å². The number of carboxylic acid groups (broad SMARTS) is 1. The van der Waals surface area contributed by atoms with Crippen molar-refractivity contribution in [3.8, 4) is 5.69 Å². The second-order valence-electron chi connectivity index (χ2n) is 3.90. The second kappa shape index (κ2) is 4.00. The SMILES string of the molecule is O=C(O)c1nc2ccccc2n1-c1ccccc1. The number of aromatic nitrogens is 2. The number of rotatable bonds is 2. The fourth-order valence-corrected chi connectivity index (χ4v) is 2.01. The molecule has 0 atom stereocenters. The summed E-state index contributed by atoms with van der Waals surface area (Å²) in [5, 5.41) is 9.24. The molecule has 0 saturated carbocycles. The second-order valence-corrected chi connectivity index (χ2v) is 3.90. The fraction of sp³-hybridized carbons (Fsp3) is 0. The molecule has 0 amide bonds. The third kappa shape index (κ3) is 1.55. The lowest BCUT2D eigenvalue weighted by Gasteiger charge is -2.06. The van der Waals surface area contributed by atoms with Crippen LogP contribution in [0.4, 0.5) is 0 Å². The van der Waals surface area contributed by atoms with E-state index in [1.807, 2.05) is 48.5 Å². The van der Waals surface area contributed by atoms with E-state index < -0.39 is 5.97 Å². The maximum absolute atomic E-state index is 11.3. The van der Waals surface area contributed by atoms with E-state index in [0.717, 1.165) is 11.2 Å². The quantitative estimate of drug-likeness (QED) is 0.746. The Kier molecular flexibility index (Phi) is 2.34. The van der Waals surface area contributed by atoms with Gasteiger partial charge in [0.15, 0.2) is 0 Å². The molecule has 0 radical (unpaired) electrons. The molecule has 18 heavy (non-hydrogen) atoms. The van der Waals surface area contributed by atoms with Gasteiger partial charge in [0.25, 0.3) is 0 Å². The molecule has 4 nitrogen and oxygen atoms in total. The average molecular weight is 238 g/mol. The summed E-state index contributed by atoms with van der Waals surface area (Å²) in [4.78, 5) is 15.4. The van der Waals surface area contributed by atoms with Gasteiger partial charge in [0.2, 0.25) is 5.82 Å². The molecule has 88 valence electrons. The van der Waals surface area contributed by atoms with Crippen LogP contribution in [0.1, 0.15) is 10.6 Å². The summed E-state index contributed by atoms with van der Waals surface area (Å²) < 4.78 is 1.65. The van der Waals surface area contributed by atoms with Crippen molar-refractivity contribution in [2.75, 3.05) is 0 Å².